The number of benzene rings is 2. The quantitative estimate of drug-likeness (QED) is 0.432. The van der Waals surface area contributed by atoms with Gasteiger partial charge < -0.3 is 9.73 Å². The first kappa shape index (κ1) is 19.5. The van der Waals surface area contributed by atoms with Gasteiger partial charge in [0, 0.05) is 18.5 Å². The number of aromatic nitrogens is 3. The first-order chi connectivity index (χ1) is 14.1. The topological polar surface area (TPSA) is 80.9 Å². The zero-order valence-electron chi connectivity index (χ0n) is 15.5. The van der Waals surface area contributed by atoms with Crippen LogP contribution in [0.15, 0.2) is 52.1 Å². The van der Waals surface area contributed by atoms with E-state index in [9.17, 15) is 9.18 Å². The van der Waals surface area contributed by atoms with Gasteiger partial charge in [0.1, 0.15) is 5.82 Å². The van der Waals surface area contributed by atoms with Crippen molar-refractivity contribution in [2.75, 3.05) is 11.1 Å². The summed E-state index contributed by atoms with van der Waals surface area (Å²) in [6.07, 6.45) is 1.30. The standard InChI is InChI=1S/C20H17FN4O2S2/c1-12-6-7-13(10-14(12)21)22-17(26)11-28-20-25-24-18(27-20)8-9-19-23-15-4-2-3-5-16(15)29-19/h2-7,10H,8-9,11H2,1H3,(H,22,26). The molecular formula is C20H17FN4O2S2. The number of fused-ring (bicyclic) bond motifs is 1. The van der Waals surface area contributed by atoms with E-state index in [0.717, 1.165) is 27.0 Å². The van der Waals surface area contributed by atoms with Gasteiger partial charge in [0.15, 0.2) is 0 Å². The number of halogens is 1. The Kier molecular flexibility index (Phi) is 5.86. The van der Waals surface area contributed by atoms with Crippen LogP contribution in [0, 0.1) is 12.7 Å². The smallest absolute Gasteiger partial charge is 0.277 e. The molecule has 0 atom stereocenters. The van der Waals surface area contributed by atoms with E-state index < -0.39 is 0 Å². The molecule has 2 heterocycles. The highest BCUT2D eigenvalue weighted by atomic mass is 32.2. The number of para-hydroxylation sites is 1. The Balaban J connectivity index is 1.27. The van der Waals surface area contributed by atoms with Crippen molar-refractivity contribution >= 4 is 44.9 Å². The highest BCUT2D eigenvalue weighted by Crippen LogP contribution is 2.23. The summed E-state index contributed by atoms with van der Waals surface area (Å²) in [4.78, 5) is 16.6. The van der Waals surface area contributed by atoms with Crippen molar-refractivity contribution < 1.29 is 13.6 Å². The molecule has 0 radical (unpaired) electrons. The fraction of sp³-hybridized carbons (Fsp3) is 0.200. The van der Waals surface area contributed by atoms with Crippen molar-refractivity contribution in [3.63, 3.8) is 0 Å². The molecular weight excluding hydrogens is 411 g/mol. The summed E-state index contributed by atoms with van der Waals surface area (Å²) >= 11 is 2.80. The van der Waals surface area contributed by atoms with Crippen LogP contribution < -0.4 is 5.32 Å². The highest BCUT2D eigenvalue weighted by molar-refractivity contribution is 7.99. The predicted molar refractivity (Wildman–Crippen MR) is 112 cm³/mol. The first-order valence-electron chi connectivity index (χ1n) is 8.92. The molecule has 0 unspecified atom stereocenters. The van der Waals surface area contributed by atoms with E-state index in [-0.39, 0.29) is 17.5 Å². The molecule has 0 fully saturated rings. The van der Waals surface area contributed by atoms with E-state index in [4.69, 9.17) is 4.42 Å². The summed E-state index contributed by atoms with van der Waals surface area (Å²) < 4.78 is 20.3. The molecule has 4 aromatic rings. The zero-order chi connectivity index (χ0) is 20.2. The number of nitrogens with one attached hydrogen (secondary N) is 1. The molecule has 0 aliphatic heterocycles. The number of aryl methyl sites for hydroxylation is 3. The Morgan fingerprint density at radius 1 is 1.21 bits per heavy atom. The van der Waals surface area contributed by atoms with Gasteiger partial charge in [0.05, 0.1) is 21.0 Å². The number of thioether (sulfide) groups is 1. The van der Waals surface area contributed by atoms with Crippen LogP contribution in [-0.4, -0.2) is 26.8 Å². The molecule has 148 valence electrons. The Labute approximate surface area is 174 Å². The normalized spacial score (nSPS) is 11.1. The van der Waals surface area contributed by atoms with E-state index in [0.29, 0.717) is 35.2 Å². The number of carbonyl (C=O) groups excluding carboxylic acids is 1. The number of carbonyl (C=O) groups is 1. The van der Waals surface area contributed by atoms with Crippen LogP contribution in [0.2, 0.25) is 0 Å². The van der Waals surface area contributed by atoms with Crippen molar-refractivity contribution in [1.29, 1.82) is 0 Å². The second kappa shape index (κ2) is 8.71. The van der Waals surface area contributed by atoms with Gasteiger partial charge in [-0.1, -0.05) is 30.0 Å². The van der Waals surface area contributed by atoms with Crippen molar-refractivity contribution in [2.24, 2.45) is 0 Å². The minimum atomic E-state index is -0.356. The first-order valence-corrected chi connectivity index (χ1v) is 10.7. The Morgan fingerprint density at radius 2 is 2.07 bits per heavy atom. The lowest BCUT2D eigenvalue weighted by molar-refractivity contribution is -0.113. The summed E-state index contributed by atoms with van der Waals surface area (Å²) in [7, 11) is 0. The second-order valence-corrected chi connectivity index (χ2v) is 8.38. The molecule has 2 aromatic carbocycles. The van der Waals surface area contributed by atoms with Gasteiger partial charge in [-0.15, -0.1) is 21.5 Å². The van der Waals surface area contributed by atoms with Crippen LogP contribution in [-0.2, 0) is 17.6 Å². The van der Waals surface area contributed by atoms with Crippen LogP contribution in [0.25, 0.3) is 10.2 Å². The maximum atomic E-state index is 13.5. The molecule has 4 rings (SSSR count). The average Bonchev–Trinajstić information content (AvgIpc) is 3.34. The van der Waals surface area contributed by atoms with E-state index in [1.165, 1.54) is 6.07 Å². The summed E-state index contributed by atoms with van der Waals surface area (Å²) in [6.45, 7) is 1.67. The monoisotopic (exact) mass is 428 g/mol. The van der Waals surface area contributed by atoms with Gasteiger partial charge in [-0.25, -0.2) is 9.37 Å². The van der Waals surface area contributed by atoms with Crippen molar-refractivity contribution in [1.82, 2.24) is 15.2 Å². The lowest BCUT2D eigenvalue weighted by Gasteiger charge is -2.05. The van der Waals surface area contributed by atoms with Crippen molar-refractivity contribution in [3.05, 3.63) is 64.7 Å². The molecule has 0 saturated heterocycles. The van der Waals surface area contributed by atoms with Gasteiger partial charge in [0.2, 0.25) is 11.8 Å². The molecule has 0 spiro atoms. The van der Waals surface area contributed by atoms with Gasteiger partial charge >= 0.3 is 0 Å². The van der Waals surface area contributed by atoms with Gasteiger partial charge in [0.25, 0.3) is 5.22 Å². The summed E-state index contributed by atoms with van der Waals surface area (Å²) in [5.41, 5.74) is 1.94. The minimum Gasteiger partial charge on any atom is -0.416 e. The van der Waals surface area contributed by atoms with E-state index in [2.05, 4.69) is 20.5 Å². The highest BCUT2D eigenvalue weighted by Gasteiger charge is 2.12. The van der Waals surface area contributed by atoms with Crippen molar-refractivity contribution in [3.8, 4) is 0 Å². The van der Waals surface area contributed by atoms with Crippen LogP contribution in [0.3, 0.4) is 0 Å². The van der Waals surface area contributed by atoms with Crippen molar-refractivity contribution in [2.45, 2.75) is 25.0 Å². The third-order valence-electron chi connectivity index (χ3n) is 4.12. The minimum absolute atomic E-state index is 0.0923. The Bertz CT molecular complexity index is 1130. The maximum absolute atomic E-state index is 13.5. The molecule has 29 heavy (non-hydrogen) atoms. The molecule has 0 bridgehead atoms. The molecule has 1 N–H and O–H groups in total. The maximum Gasteiger partial charge on any atom is 0.277 e. The molecule has 1 amide bonds. The third kappa shape index (κ3) is 4.99. The number of amides is 1. The summed E-state index contributed by atoms with van der Waals surface area (Å²) in [5, 5.41) is 12.0. The van der Waals surface area contributed by atoms with Crippen LogP contribution in [0.5, 0.6) is 0 Å². The van der Waals surface area contributed by atoms with Crippen LogP contribution in [0.4, 0.5) is 10.1 Å². The SMILES string of the molecule is Cc1ccc(NC(=O)CSc2nnc(CCc3nc4ccccc4s3)o2)cc1F. The van der Waals surface area contributed by atoms with Gasteiger partial charge in [-0.2, -0.15) is 0 Å². The van der Waals surface area contributed by atoms with E-state index >= 15 is 0 Å². The predicted octanol–water partition coefficient (Wildman–Crippen LogP) is 4.64. The van der Waals surface area contributed by atoms with Crippen LogP contribution >= 0.6 is 23.1 Å². The number of thiazole rings is 1. The number of hydrogen-bond acceptors (Lipinski definition) is 7. The lowest BCUT2D eigenvalue weighted by Crippen LogP contribution is -2.14. The molecule has 0 saturated carbocycles. The fourth-order valence-electron chi connectivity index (χ4n) is 2.63. The average molecular weight is 429 g/mol. The van der Waals surface area contributed by atoms with Gasteiger partial charge in [-0.3, -0.25) is 4.79 Å². The van der Waals surface area contributed by atoms with Gasteiger partial charge in [-0.05, 0) is 36.8 Å². The molecule has 9 heteroatoms. The summed E-state index contributed by atoms with van der Waals surface area (Å²) in [5.74, 6) is -0.0278. The zero-order valence-corrected chi connectivity index (χ0v) is 17.1. The largest absolute Gasteiger partial charge is 0.416 e. The van der Waals surface area contributed by atoms with Crippen LogP contribution in [0.1, 0.15) is 16.5 Å². The molecule has 6 nitrogen and oxygen atoms in total. The number of hydrogen-bond donors (Lipinski definition) is 1. The second-order valence-electron chi connectivity index (χ2n) is 6.34. The Hall–Kier alpha value is -2.78. The molecule has 0 aliphatic rings. The lowest BCUT2D eigenvalue weighted by atomic mass is 10.2. The summed E-state index contributed by atoms with van der Waals surface area (Å²) in [6, 6.07) is 12.6. The number of nitrogens with zero attached hydrogens (tertiary/aromatic N) is 3. The fourth-order valence-corrected chi connectivity index (χ4v) is 4.18. The Morgan fingerprint density at radius 3 is 2.90 bits per heavy atom. The number of anilines is 1. The molecule has 0 aliphatic carbocycles. The van der Waals surface area contributed by atoms with E-state index in [1.807, 2.05) is 24.3 Å². The number of rotatable bonds is 7. The van der Waals surface area contributed by atoms with E-state index in [1.54, 1.807) is 30.4 Å². The molecule has 2 aromatic heterocycles. The third-order valence-corrected chi connectivity index (χ3v) is 6.04.